The quantitative estimate of drug-likeness (QED) is 0.890. The molecule has 2 N–H and O–H groups in total. The van der Waals surface area contributed by atoms with Crippen LogP contribution >= 0.6 is 23.5 Å². The number of hydrogen-bond acceptors (Lipinski definition) is 5. The molecular weight excluding hydrogens is 296 g/mol. The van der Waals surface area contributed by atoms with Crippen LogP contribution in [0.5, 0.6) is 5.75 Å². The van der Waals surface area contributed by atoms with Gasteiger partial charge < -0.3 is 10.1 Å². The van der Waals surface area contributed by atoms with Crippen molar-refractivity contribution in [2.24, 2.45) is 0 Å². The highest BCUT2D eigenvalue weighted by molar-refractivity contribution is 8.19. The zero-order valence-electron chi connectivity index (χ0n) is 11.0. The molecule has 1 aromatic rings. The third-order valence-electron chi connectivity index (χ3n) is 2.62. The monoisotopic (exact) mass is 312 g/mol. The summed E-state index contributed by atoms with van der Waals surface area (Å²) in [5, 5.41) is 4.44. The summed E-state index contributed by atoms with van der Waals surface area (Å²) in [4.78, 5) is 22.3. The average Bonchev–Trinajstić information content (AvgIpc) is 2.99. The Balaban J connectivity index is 1.81. The van der Waals surface area contributed by atoms with Crippen LogP contribution in [-0.2, 0) is 4.79 Å². The SMILES string of the molecule is CNC(=O)NC(=O)COc1ccc(C2SCCS2)cc1. The van der Waals surface area contributed by atoms with E-state index >= 15 is 0 Å². The standard InChI is InChI=1S/C13H16N2O3S2/c1-14-13(17)15-11(16)8-18-10-4-2-9(3-5-10)12-19-6-7-20-12/h2-5,12H,6-8H2,1H3,(H2,14,15,16,17). The molecule has 0 bridgehead atoms. The van der Waals surface area contributed by atoms with Crippen molar-refractivity contribution in [2.45, 2.75) is 4.58 Å². The van der Waals surface area contributed by atoms with E-state index in [0.717, 1.165) is 0 Å². The highest BCUT2D eigenvalue weighted by Crippen LogP contribution is 2.45. The van der Waals surface area contributed by atoms with Gasteiger partial charge in [-0.05, 0) is 17.7 Å². The van der Waals surface area contributed by atoms with Crippen LogP contribution in [-0.4, -0.2) is 37.1 Å². The van der Waals surface area contributed by atoms with Crippen molar-refractivity contribution >= 4 is 35.5 Å². The van der Waals surface area contributed by atoms with Gasteiger partial charge in [0.25, 0.3) is 5.91 Å². The molecule has 0 atom stereocenters. The summed E-state index contributed by atoms with van der Waals surface area (Å²) in [6.45, 7) is -0.181. The molecule has 1 aliphatic rings. The van der Waals surface area contributed by atoms with Crippen molar-refractivity contribution in [2.75, 3.05) is 25.2 Å². The predicted molar refractivity (Wildman–Crippen MR) is 82.2 cm³/mol. The fourth-order valence-corrected chi connectivity index (χ4v) is 4.51. The summed E-state index contributed by atoms with van der Waals surface area (Å²) in [6.07, 6.45) is 0. The van der Waals surface area contributed by atoms with Crippen LogP contribution in [0.2, 0.25) is 0 Å². The zero-order chi connectivity index (χ0) is 14.4. The molecular formula is C13H16N2O3S2. The summed E-state index contributed by atoms with van der Waals surface area (Å²) in [5.74, 6) is 2.52. The Morgan fingerprint density at radius 2 is 1.90 bits per heavy atom. The van der Waals surface area contributed by atoms with Crippen molar-refractivity contribution in [1.29, 1.82) is 0 Å². The first-order valence-electron chi connectivity index (χ1n) is 6.16. The van der Waals surface area contributed by atoms with E-state index in [-0.39, 0.29) is 6.61 Å². The van der Waals surface area contributed by atoms with Gasteiger partial charge in [-0.2, -0.15) is 0 Å². The van der Waals surface area contributed by atoms with Crippen LogP contribution in [0.3, 0.4) is 0 Å². The Morgan fingerprint density at radius 3 is 2.50 bits per heavy atom. The number of amides is 3. The first kappa shape index (κ1) is 15.1. The molecule has 5 nitrogen and oxygen atoms in total. The summed E-state index contributed by atoms with van der Waals surface area (Å²) in [5.41, 5.74) is 1.26. The Labute approximate surface area is 126 Å². The molecule has 108 valence electrons. The number of benzene rings is 1. The third kappa shape index (κ3) is 4.35. The minimum absolute atomic E-state index is 0.181. The van der Waals surface area contributed by atoms with Gasteiger partial charge in [0.2, 0.25) is 0 Å². The van der Waals surface area contributed by atoms with Crippen LogP contribution in [0.1, 0.15) is 10.1 Å². The van der Waals surface area contributed by atoms with Gasteiger partial charge in [-0.15, -0.1) is 23.5 Å². The van der Waals surface area contributed by atoms with Crippen LogP contribution in [0.25, 0.3) is 0 Å². The van der Waals surface area contributed by atoms with Gasteiger partial charge in [-0.3, -0.25) is 10.1 Å². The lowest BCUT2D eigenvalue weighted by atomic mass is 10.2. The van der Waals surface area contributed by atoms with Gasteiger partial charge in [0.1, 0.15) is 5.75 Å². The van der Waals surface area contributed by atoms with Gasteiger partial charge in [0.15, 0.2) is 6.61 Å². The second-order valence-corrected chi connectivity index (χ2v) is 6.78. The van der Waals surface area contributed by atoms with Crippen molar-refractivity contribution in [1.82, 2.24) is 10.6 Å². The highest BCUT2D eigenvalue weighted by atomic mass is 32.2. The molecule has 1 fully saturated rings. The highest BCUT2D eigenvalue weighted by Gasteiger charge is 2.18. The van der Waals surface area contributed by atoms with E-state index in [4.69, 9.17) is 4.74 Å². The fraction of sp³-hybridized carbons (Fsp3) is 0.385. The molecule has 20 heavy (non-hydrogen) atoms. The lowest BCUT2D eigenvalue weighted by Gasteiger charge is -2.10. The fourth-order valence-electron chi connectivity index (χ4n) is 1.65. The molecule has 3 amide bonds. The van der Waals surface area contributed by atoms with Crippen molar-refractivity contribution < 1.29 is 14.3 Å². The Bertz CT molecular complexity index is 473. The smallest absolute Gasteiger partial charge is 0.321 e. The van der Waals surface area contributed by atoms with Crippen molar-refractivity contribution in [3.8, 4) is 5.75 Å². The maximum Gasteiger partial charge on any atom is 0.321 e. The van der Waals surface area contributed by atoms with Gasteiger partial charge in [0, 0.05) is 18.6 Å². The Morgan fingerprint density at radius 1 is 1.25 bits per heavy atom. The van der Waals surface area contributed by atoms with Gasteiger partial charge in [-0.1, -0.05) is 12.1 Å². The molecule has 7 heteroatoms. The van der Waals surface area contributed by atoms with Gasteiger partial charge in [0.05, 0.1) is 4.58 Å². The second kappa shape index (κ2) is 7.44. The summed E-state index contributed by atoms with van der Waals surface area (Å²) >= 11 is 3.88. The van der Waals surface area contributed by atoms with E-state index in [1.54, 1.807) is 0 Å². The van der Waals surface area contributed by atoms with E-state index in [1.807, 2.05) is 47.8 Å². The first-order chi connectivity index (χ1) is 9.69. The van der Waals surface area contributed by atoms with Crippen LogP contribution in [0.4, 0.5) is 4.79 Å². The minimum atomic E-state index is -0.538. The second-order valence-electron chi connectivity index (χ2n) is 4.06. The summed E-state index contributed by atoms with van der Waals surface area (Å²) in [6, 6.07) is 7.19. The van der Waals surface area contributed by atoms with E-state index in [2.05, 4.69) is 10.6 Å². The number of rotatable bonds is 4. The number of hydrogen-bond donors (Lipinski definition) is 2. The van der Waals surface area contributed by atoms with E-state index in [9.17, 15) is 9.59 Å². The van der Waals surface area contributed by atoms with Crippen LogP contribution < -0.4 is 15.4 Å². The number of carbonyl (C=O) groups excluding carboxylic acids is 2. The Hall–Kier alpha value is -1.34. The molecule has 1 aromatic carbocycles. The lowest BCUT2D eigenvalue weighted by Crippen LogP contribution is -2.39. The molecule has 1 saturated heterocycles. The largest absolute Gasteiger partial charge is 0.484 e. The van der Waals surface area contributed by atoms with Crippen molar-refractivity contribution in [3.63, 3.8) is 0 Å². The average molecular weight is 312 g/mol. The van der Waals surface area contributed by atoms with Gasteiger partial charge in [-0.25, -0.2) is 4.79 Å². The van der Waals surface area contributed by atoms with Crippen molar-refractivity contribution in [3.05, 3.63) is 29.8 Å². The topological polar surface area (TPSA) is 67.4 Å². The van der Waals surface area contributed by atoms with E-state index in [0.29, 0.717) is 10.3 Å². The number of thioether (sulfide) groups is 2. The molecule has 2 rings (SSSR count). The molecule has 0 saturated carbocycles. The number of imide groups is 1. The molecule has 0 radical (unpaired) electrons. The number of nitrogens with one attached hydrogen (secondary N) is 2. The molecule has 0 unspecified atom stereocenters. The summed E-state index contributed by atoms with van der Waals surface area (Å²) in [7, 11) is 1.45. The number of ether oxygens (including phenoxy) is 1. The normalized spacial score (nSPS) is 14.8. The van der Waals surface area contributed by atoms with Crippen LogP contribution in [0.15, 0.2) is 24.3 Å². The number of carbonyl (C=O) groups is 2. The predicted octanol–water partition coefficient (Wildman–Crippen LogP) is 2.00. The van der Waals surface area contributed by atoms with E-state index in [1.165, 1.54) is 24.1 Å². The maximum absolute atomic E-state index is 11.4. The lowest BCUT2D eigenvalue weighted by molar-refractivity contribution is -0.122. The van der Waals surface area contributed by atoms with E-state index < -0.39 is 11.9 Å². The minimum Gasteiger partial charge on any atom is -0.484 e. The molecule has 0 aliphatic carbocycles. The zero-order valence-corrected chi connectivity index (χ0v) is 12.7. The first-order valence-corrected chi connectivity index (χ1v) is 8.26. The summed E-state index contributed by atoms with van der Waals surface area (Å²) < 4.78 is 5.83. The molecule has 0 aromatic heterocycles. The van der Waals surface area contributed by atoms with Gasteiger partial charge >= 0.3 is 6.03 Å². The number of urea groups is 1. The molecule has 0 spiro atoms. The maximum atomic E-state index is 11.4. The molecule has 1 aliphatic heterocycles. The Kier molecular flexibility index (Phi) is 5.60. The van der Waals surface area contributed by atoms with Crippen LogP contribution in [0, 0.1) is 0 Å². The molecule has 1 heterocycles. The third-order valence-corrected chi connectivity index (χ3v) is 5.73.